The Bertz CT molecular complexity index is 1710. The summed E-state index contributed by atoms with van der Waals surface area (Å²) >= 11 is 5.87. The predicted molar refractivity (Wildman–Crippen MR) is 143 cm³/mol. The molecule has 3 N–H and O–H groups in total. The molecule has 1 fully saturated rings. The van der Waals surface area contributed by atoms with Crippen LogP contribution in [0.25, 0.3) is 16.8 Å². The first-order chi connectivity index (χ1) is 18.5. The van der Waals surface area contributed by atoms with E-state index in [0.29, 0.717) is 13.1 Å². The molecule has 3 heterocycles. The van der Waals surface area contributed by atoms with E-state index in [1.54, 1.807) is 4.90 Å². The van der Waals surface area contributed by atoms with Crippen LogP contribution in [-0.4, -0.2) is 71.9 Å². The lowest BCUT2D eigenvalue weighted by Gasteiger charge is -2.20. The van der Waals surface area contributed by atoms with Gasteiger partial charge >= 0.3 is 0 Å². The van der Waals surface area contributed by atoms with Gasteiger partial charge < -0.3 is 15.5 Å². The van der Waals surface area contributed by atoms with E-state index in [9.17, 15) is 17.6 Å². The molecule has 1 aliphatic rings. The second-order valence-corrected chi connectivity index (χ2v) is 11.4. The average Bonchev–Trinajstić information content (AvgIpc) is 3.52. The van der Waals surface area contributed by atoms with Crippen molar-refractivity contribution in [2.75, 3.05) is 37.6 Å². The van der Waals surface area contributed by atoms with E-state index in [2.05, 4.69) is 19.7 Å². The highest BCUT2D eigenvalue weighted by atomic mass is 35.5. The molecule has 39 heavy (non-hydrogen) atoms. The molecule has 0 saturated carbocycles. The lowest BCUT2D eigenvalue weighted by atomic mass is 10.1. The number of fused-ring (bicyclic) bond motifs is 1. The van der Waals surface area contributed by atoms with Crippen molar-refractivity contribution in [2.45, 2.75) is 17.4 Å². The number of carbonyl (C=O) groups is 1. The summed E-state index contributed by atoms with van der Waals surface area (Å²) < 4.78 is 57.4. The minimum atomic E-state index is -4.22. The third-order valence-electron chi connectivity index (χ3n) is 6.67. The van der Waals surface area contributed by atoms with Crippen molar-refractivity contribution in [3.05, 3.63) is 71.0 Å². The van der Waals surface area contributed by atoms with E-state index in [1.165, 1.54) is 29.0 Å². The highest BCUT2D eigenvalue weighted by molar-refractivity contribution is 7.92. The molecule has 5 rings (SSSR count). The zero-order chi connectivity index (χ0) is 28.1. The quantitative estimate of drug-likeness (QED) is 0.360. The molecule has 2 aromatic heterocycles. The van der Waals surface area contributed by atoms with E-state index in [4.69, 9.17) is 17.3 Å². The van der Waals surface area contributed by atoms with Crippen molar-refractivity contribution >= 4 is 44.7 Å². The number of likely N-dealkylation sites (tertiary alicyclic amines) is 1. The monoisotopic (exact) mass is 575 g/mol. The molecule has 2 aromatic carbocycles. The van der Waals surface area contributed by atoms with E-state index < -0.39 is 21.7 Å². The number of sulfonamides is 1. The molecule has 1 atom stereocenters. The summed E-state index contributed by atoms with van der Waals surface area (Å²) in [5.74, 6) is -1.64. The van der Waals surface area contributed by atoms with Crippen LogP contribution in [0.1, 0.15) is 16.8 Å². The maximum absolute atomic E-state index is 15.2. The summed E-state index contributed by atoms with van der Waals surface area (Å²) in [6.07, 6.45) is 3.60. The molecule has 1 unspecified atom stereocenters. The zero-order valence-corrected chi connectivity index (χ0v) is 22.5. The normalized spacial score (nSPS) is 15.8. The van der Waals surface area contributed by atoms with E-state index >= 15 is 4.39 Å². The largest absolute Gasteiger partial charge is 0.383 e. The number of nitrogens with two attached hydrogens (primary N) is 1. The average molecular weight is 576 g/mol. The number of hydrogen-bond donors (Lipinski definition) is 2. The number of benzene rings is 2. The molecular formula is C25H24ClF2N7O3S. The Morgan fingerprint density at radius 1 is 1.15 bits per heavy atom. The van der Waals surface area contributed by atoms with Gasteiger partial charge in [-0.3, -0.25) is 9.52 Å². The summed E-state index contributed by atoms with van der Waals surface area (Å²) in [5.41, 5.74) is 6.99. The van der Waals surface area contributed by atoms with Crippen LogP contribution in [0.15, 0.2) is 53.7 Å². The second kappa shape index (κ2) is 10.1. The minimum Gasteiger partial charge on any atom is -0.383 e. The maximum atomic E-state index is 15.2. The van der Waals surface area contributed by atoms with Crippen LogP contribution in [0.2, 0.25) is 5.02 Å². The Kier molecular flexibility index (Phi) is 6.91. The fourth-order valence-electron chi connectivity index (χ4n) is 4.53. The first-order valence-electron chi connectivity index (χ1n) is 11.8. The summed E-state index contributed by atoms with van der Waals surface area (Å²) in [6, 6.07) is 6.74. The van der Waals surface area contributed by atoms with Crippen molar-refractivity contribution in [3.63, 3.8) is 0 Å². The van der Waals surface area contributed by atoms with Crippen LogP contribution >= 0.6 is 11.6 Å². The number of rotatable bonds is 6. The van der Waals surface area contributed by atoms with Crippen LogP contribution in [-0.2, 0) is 10.0 Å². The number of nitrogens with zero attached hydrogens (tertiary/aromatic N) is 5. The number of nitrogens with one attached hydrogen (secondary N) is 1. The molecule has 0 aliphatic carbocycles. The minimum absolute atomic E-state index is 0.0430. The fourth-order valence-corrected chi connectivity index (χ4v) is 6.11. The van der Waals surface area contributed by atoms with Gasteiger partial charge in [0.25, 0.3) is 15.9 Å². The summed E-state index contributed by atoms with van der Waals surface area (Å²) in [4.78, 5) is 20.9. The number of amides is 1. The number of halogens is 3. The van der Waals surface area contributed by atoms with Gasteiger partial charge in [0.05, 0.1) is 16.9 Å². The van der Waals surface area contributed by atoms with Crippen LogP contribution in [0.5, 0.6) is 0 Å². The molecule has 1 aliphatic heterocycles. The molecule has 0 bridgehead atoms. The number of likely N-dealkylation sites (N-methyl/N-ethyl adjacent to an activating group) is 1. The zero-order valence-electron chi connectivity index (χ0n) is 20.9. The molecule has 1 amide bonds. The number of aromatic nitrogens is 3. The molecule has 0 spiro atoms. The third kappa shape index (κ3) is 5.00. The van der Waals surface area contributed by atoms with E-state index in [1.807, 2.05) is 14.1 Å². The van der Waals surface area contributed by atoms with Crippen LogP contribution in [0, 0.1) is 11.6 Å². The number of hydrogen-bond acceptors (Lipinski definition) is 7. The topological polar surface area (TPSA) is 126 Å². The van der Waals surface area contributed by atoms with Crippen LogP contribution in [0.4, 0.5) is 20.3 Å². The highest BCUT2D eigenvalue weighted by Crippen LogP contribution is 2.32. The summed E-state index contributed by atoms with van der Waals surface area (Å²) in [7, 11) is -0.274. The highest BCUT2D eigenvalue weighted by Gasteiger charge is 2.30. The molecule has 10 nitrogen and oxygen atoms in total. The van der Waals surface area contributed by atoms with Gasteiger partial charge in [0.2, 0.25) is 0 Å². The van der Waals surface area contributed by atoms with Gasteiger partial charge in [-0.15, -0.1) is 0 Å². The van der Waals surface area contributed by atoms with E-state index in [0.717, 1.165) is 30.7 Å². The van der Waals surface area contributed by atoms with Gasteiger partial charge in [-0.2, -0.15) is 9.61 Å². The summed E-state index contributed by atoms with van der Waals surface area (Å²) in [6.45, 7) is 1.20. The summed E-state index contributed by atoms with van der Waals surface area (Å²) in [5, 5.41) is 3.90. The third-order valence-corrected chi connectivity index (χ3v) is 8.53. The van der Waals surface area contributed by atoms with Crippen molar-refractivity contribution < 1.29 is 22.0 Å². The van der Waals surface area contributed by atoms with Gasteiger partial charge in [0.1, 0.15) is 27.9 Å². The molecule has 4 aromatic rings. The van der Waals surface area contributed by atoms with E-state index in [-0.39, 0.29) is 55.7 Å². The first-order valence-corrected chi connectivity index (χ1v) is 13.7. The molecule has 0 radical (unpaired) electrons. The Morgan fingerprint density at radius 2 is 1.92 bits per heavy atom. The number of carbonyl (C=O) groups excluding carboxylic acids is 1. The molecule has 14 heteroatoms. The van der Waals surface area contributed by atoms with Crippen molar-refractivity contribution in [3.8, 4) is 11.1 Å². The smallest absolute Gasteiger partial charge is 0.263 e. The standard InChI is InChI=1S/C25H24ClF2N7O3S/c1-33(2)16-7-8-34(13-16)25(36)19-12-31-35-23(29)18(11-30-24(19)35)17-5-4-15(10-21(17)28)32-39(37,38)22-6-3-14(27)9-20(22)26/h3-6,9-12,16,32H,7-8,13,29H2,1-2H3. The SMILES string of the molecule is CN(C)C1CCN(C(=O)c2cnn3c(N)c(-c4ccc(NS(=O)(=O)c5ccc(F)cc5Cl)cc4F)cnc23)C1. The lowest BCUT2D eigenvalue weighted by Crippen LogP contribution is -2.34. The fraction of sp³-hybridized carbons (Fsp3) is 0.240. The van der Waals surface area contributed by atoms with Gasteiger partial charge in [0, 0.05) is 36.5 Å². The van der Waals surface area contributed by atoms with Gasteiger partial charge in [-0.25, -0.2) is 22.2 Å². The Morgan fingerprint density at radius 3 is 2.59 bits per heavy atom. The predicted octanol–water partition coefficient (Wildman–Crippen LogP) is 3.49. The molecule has 1 saturated heterocycles. The Hall–Kier alpha value is -3.81. The Labute approximate surface area is 228 Å². The van der Waals surface area contributed by atoms with Gasteiger partial charge in [-0.05, 0) is 56.9 Å². The second-order valence-electron chi connectivity index (χ2n) is 9.38. The lowest BCUT2D eigenvalue weighted by molar-refractivity contribution is 0.0784. The molecule has 204 valence electrons. The van der Waals surface area contributed by atoms with Crippen molar-refractivity contribution in [1.82, 2.24) is 24.4 Å². The molecular weight excluding hydrogens is 552 g/mol. The van der Waals surface area contributed by atoms with Gasteiger partial charge in [0.15, 0.2) is 5.65 Å². The van der Waals surface area contributed by atoms with Crippen molar-refractivity contribution in [1.29, 1.82) is 0 Å². The van der Waals surface area contributed by atoms with Crippen LogP contribution < -0.4 is 10.5 Å². The maximum Gasteiger partial charge on any atom is 0.263 e. The van der Waals surface area contributed by atoms with Crippen molar-refractivity contribution in [2.24, 2.45) is 0 Å². The van der Waals surface area contributed by atoms with Crippen LogP contribution in [0.3, 0.4) is 0 Å². The first kappa shape index (κ1) is 26.8. The number of anilines is 2. The Balaban J connectivity index is 1.41. The van der Waals surface area contributed by atoms with Gasteiger partial charge in [-0.1, -0.05) is 11.6 Å². The number of nitrogen functional groups attached to an aromatic ring is 1.